The van der Waals surface area contributed by atoms with Gasteiger partial charge in [0.05, 0.1) is 0 Å². The van der Waals surface area contributed by atoms with Crippen LogP contribution in [0.5, 0.6) is 0 Å². The van der Waals surface area contributed by atoms with Crippen LogP contribution in [0.3, 0.4) is 0 Å². The average Bonchev–Trinajstić information content (AvgIpc) is 2.24. The summed E-state index contributed by atoms with van der Waals surface area (Å²) in [6.07, 6.45) is 0. The monoisotopic (exact) mass is 289 g/mol. The van der Waals surface area contributed by atoms with E-state index >= 15 is 0 Å². The fraction of sp³-hybridized carbons (Fsp3) is 0.222. The van der Waals surface area contributed by atoms with Crippen molar-refractivity contribution in [3.8, 4) is 0 Å². The molecule has 0 spiro atoms. The van der Waals surface area contributed by atoms with Crippen molar-refractivity contribution in [2.45, 2.75) is 12.5 Å². The Morgan fingerprint density at radius 3 is 2.85 bits per heavy atom. The van der Waals surface area contributed by atoms with E-state index in [1.54, 1.807) is 6.07 Å². The Morgan fingerprint density at radius 1 is 1.54 bits per heavy atom. The lowest BCUT2D eigenvalue weighted by molar-refractivity contribution is -0.131. The third-order valence-electron chi connectivity index (χ3n) is 2.19. The Balaban J connectivity index is 2.70. The van der Waals surface area contributed by atoms with Crippen molar-refractivity contribution in [1.29, 1.82) is 0 Å². The molecule has 1 unspecified atom stereocenters. The number of rotatable bonds is 0. The fourth-order valence-corrected chi connectivity index (χ4v) is 2.50. The van der Waals surface area contributed by atoms with Crippen molar-refractivity contribution in [2.24, 2.45) is 0 Å². The summed E-state index contributed by atoms with van der Waals surface area (Å²) in [6.45, 7) is 1.51. The van der Waals surface area contributed by atoms with Gasteiger partial charge < -0.3 is 10.4 Å². The fourth-order valence-electron chi connectivity index (χ4n) is 1.48. The Morgan fingerprint density at radius 2 is 2.23 bits per heavy atom. The van der Waals surface area contributed by atoms with Crippen molar-refractivity contribution >= 4 is 34.2 Å². The second kappa shape index (κ2) is 2.68. The molecule has 2 N–H and O–H groups in total. The van der Waals surface area contributed by atoms with Crippen LogP contribution in [-0.4, -0.2) is 11.0 Å². The highest BCUT2D eigenvalue weighted by atomic mass is 127. The van der Waals surface area contributed by atoms with Crippen molar-refractivity contribution in [3.05, 3.63) is 27.3 Å². The molecular formula is C9H8INO2. The topological polar surface area (TPSA) is 49.3 Å². The number of fused-ring (bicyclic) bond motifs is 1. The number of anilines is 1. The largest absolute Gasteiger partial charge is 0.375 e. The van der Waals surface area contributed by atoms with Crippen LogP contribution >= 0.6 is 22.6 Å². The molecule has 0 saturated carbocycles. The van der Waals surface area contributed by atoms with E-state index in [9.17, 15) is 9.90 Å². The summed E-state index contributed by atoms with van der Waals surface area (Å²) >= 11 is 2.11. The molecule has 3 nitrogen and oxygen atoms in total. The van der Waals surface area contributed by atoms with E-state index in [0.29, 0.717) is 11.3 Å². The first-order valence-electron chi connectivity index (χ1n) is 3.86. The van der Waals surface area contributed by atoms with Crippen LogP contribution in [0.15, 0.2) is 18.2 Å². The zero-order valence-corrected chi connectivity index (χ0v) is 9.12. The number of halogens is 1. The second-order valence-electron chi connectivity index (χ2n) is 3.19. The molecule has 1 atom stereocenters. The Hall–Kier alpha value is -0.620. The number of aliphatic hydroxyl groups is 1. The van der Waals surface area contributed by atoms with Gasteiger partial charge in [0.15, 0.2) is 5.60 Å². The molecule has 1 amide bonds. The first-order chi connectivity index (χ1) is 6.03. The summed E-state index contributed by atoms with van der Waals surface area (Å²) in [7, 11) is 0. The lowest BCUT2D eigenvalue weighted by Gasteiger charge is -2.14. The van der Waals surface area contributed by atoms with Crippen molar-refractivity contribution in [2.75, 3.05) is 5.32 Å². The number of benzene rings is 1. The number of hydrogen-bond donors (Lipinski definition) is 2. The summed E-state index contributed by atoms with van der Waals surface area (Å²) < 4.78 is 0.901. The van der Waals surface area contributed by atoms with Gasteiger partial charge in [-0.25, -0.2) is 0 Å². The van der Waals surface area contributed by atoms with Crippen LogP contribution in [0.2, 0.25) is 0 Å². The van der Waals surface area contributed by atoms with Crippen molar-refractivity contribution in [1.82, 2.24) is 0 Å². The molecule has 4 heteroatoms. The van der Waals surface area contributed by atoms with Gasteiger partial charge in [-0.05, 0) is 41.6 Å². The first-order valence-corrected chi connectivity index (χ1v) is 4.94. The van der Waals surface area contributed by atoms with E-state index in [0.717, 1.165) is 3.57 Å². The van der Waals surface area contributed by atoms with Gasteiger partial charge in [-0.15, -0.1) is 0 Å². The molecule has 1 aliphatic rings. The number of amides is 1. The predicted molar refractivity (Wildman–Crippen MR) is 57.4 cm³/mol. The smallest absolute Gasteiger partial charge is 0.260 e. The summed E-state index contributed by atoms with van der Waals surface area (Å²) in [5.74, 6) is -0.355. The SMILES string of the molecule is CC1(O)C(=O)Nc2cccc(I)c21. The van der Waals surface area contributed by atoms with E-state index in [-0.39, 0.29) is 5.91 Å². The van der Waals surface area contributed by atoms with E-state index < -0.39 is 5.60 Å². The predicted octanol–water partition coefficient (Wildman–Crippen LogP) is 1.45. The normalized spacial score (nSPS) is 25.6. The van der Waals surface area contributed by atoms with Gasteiger partial charge in [0.1, 0.15) is 0 Å². The third-order valence-corrected chi connectivity index (χ3v) is 3.09. The third kappa shape index (κ3) is 1.16. The van der Waals surface area contributed by atoms with Crippen LogP contribution < -0.4 is 5.32 Å². The minimum atomic E-state index is -1.38. The molecule has 68 valence electrons. The Bertz CT molecular complexity index is 387. The van der Waals surface area contributed by atoms with E-state index in [4.69, 9.17) is 0 Å². The Labute approximate surface area is 89.3 Å². The zero-order valence-electron chi connectivity index (χ0n) is 6.97. The van der Waals surface area contributed by atoms with Crippen LogP contribution in [0.25, 0.3) is 0 Å². The lowest BCUT2D eigenvalue weighted by atomic mass is 9.98. The molecular weight excluding hydrogens is 281 g/mol. The number of carbonyl (C=O) groups is 1. The second-order valence-corrected chi connectivity index (χ2v) is 4.35. The summed E-state index contributed by atoms with van der Waals surface area (Å²) in [6, 6.07) is 5.51. The summed E-state index contributed by atoms with van der Waals surface area (Å²) in [4.78, 5) is 11.3. The molecule has 1 aliphatic heterocycles. The van der Waals surface area contributed by atoms with E-state index in [2.05, 4.69) is 27.9 Å². The molecule has 0 aliphatic carbocycles. The quantitative estimate of drug-likeness (QED) is 0.710. The minimum Gasteiger partial charge on any atom is -0.375 e. The van der Waals surface area contributed by atoms with Crippen LogP contribution in [-0.2, 0) is 10.4 Å². The minimum absolute atomic E-state index is 0.355. The lowest BCUT2D eigenvalue weighted by Crippen LogP contribution is -2.30. The van der Waals surface area contributed by atoms with Gasteiger partial charge in [-0.1, -0.05) is 6.07 Å². The molecule has 0 saturated heterocycles. The molecule has 0 bridgehead atoms. The molecule has 1 aromatic rings. The van der Waals surface area contributed by atoms with Crippen molar-refractivity contribution < 1.29 is 9.90 Å². The van der Waals surface area contributed by atoms with Crippen LogP contribution in [0.4, 0.5) is 5.69 Å². The molecule has 0 aromatic heterocycles. The van der Waals surface area contributed by atoms with Crippen LogP contribution in [0, 0.1) is 3.57 Å². The maximum absolute atomic E-state index is 11.3. The summed E-state index contributed by atoms with van der Waals surface area (Å²) in [5.41, 5.74) is 0.00938. The van der Waals surface area contributed by atoms with Gasteiger partial charge in [0, 0.05) is 14.8 Å². The van der Waals surface area contributed by atoms with Gasteiger partial charge in [0.25, 0.3) is 5.91 Å². The molecule has 1 aromatic carbocycles. The standard InChI is InChI=1S/C9H8INO2/c1-9(13)7-5(10)3-2-4-6(7)11-8(9)12/h2-4,13H,1H3,(H,11,12). The van der Waals surface area contributed by atoms with Gasteiger partial charge in [-0.2, -0.15) is 0 Å². The number of carbonyl (C=O) groups excluding carboxylic acids is 1. The maximum atomic E-state index is 11.3. The van der Waals surface area contributed by atoms with E-state index in [1.807, 2.05) is 12.1 Å². The number of nitrogens with one attached hydrogen (secondary N) is 1. The zero-order chi connectivity index (χ0) is 9.64. The summed E-state index contributed by atoms with van der Waals surface area (Å²) in [5, 5.41) is 12.5. The highest BCUT2D eigenvalue weighted by Gasteiger charge is 2.42. The van der Waals surface area contributed by atoms with Crippen LogP contribution in [0.1, 0.15) is 12.5 Å². The molecule has 0 radical (unpaired) electrons. The van der Waals surface area contributed by atoms with Gasteiger partial charge >= 0.3 is 0 Å². The average molecular weight is 289 g/mol. The molecule has 2 rings (SSSR count). The first kappa shape index (κ1) is 8.96. The van der Waals surface area contributed by atoms with E-state index in [1.165, 1.54) is 6.92 Å². The Kier molecular flexibility index (Phi) is 1.85. The highest BCUT2D eigenvalue weighted by molar-refractivity contribution is 14.1. The highest BCUT2D eigenvalue weighted by Crippen LogP contribution is 2.38. The molecule has 0 fully saturated rings. The molecule has 13 heavy (non-hydrogen) atoms. The van der Waals surface area contributed by atoms with Gasteiger partial charge in [-0.3, -0.25) is 4.79 Å². The van der Waals surface area contributed by atoms with Gasteiger partial charge in [0.2, 0.25) is 0 Å². The molecule has 1 heterocycles. The number of hydrogen-bond acceptors (Lipinski definition) is 2. The maximum Gasteiger partial charge on any atom is 0.260 e. The van der Waals surface area contributed by atoms with Crippen molar-refractivity contribution in [3.63, 3.8) is 0 Å².